The molecule has 0 amide bonds. The summed E-state index contributed by atoms with van der Waals surface area (Å²) in [5, 5.41) is 49.5. The molecule has 0 aliphatic heterocycles. The molecule has 0 saturated heterocycles. The Hall–Kier alpha value is -8.20. The van der Waals surface area contributed by atoms with Crippen molar-refractivity contribution in [2.24, 2.45) is 0 Å². The summed E-state index contributed by atoms with van der Waals surface area (Å²) in [7, 11) is 0. The van der Waals surface area contributed by atoms with Crippen LogP contribution in [-0.4, -0.2) is 39.1 Å². The largest absolute Gasteiger partial charge is 0.486 e. The summed E-state index contributed by atoms with van der Waals surface area (Å²) in [6.45, 7) is 5.33. The predicted octanol–water partition coefficient (Wildman–Crippen LogP) is 9.38. The number of benzene rings is 4. The maximum atomic E-state index is 10.4. The minimum Gasteiger partial charge on any atom is -0.486 e. The maximum Gasteiger partial charge on any atom is 0.457 e. The van der Waals surface area contributed by atoms with Crippen LogP contribution >= 0.6 is 0 Å². The Kier molecular flexibility index (Phi) is 9.50. The van der Waals surface area contributed by atoms with Crippen molar-refractivity contribution in [2.45, 2.75) is 82.7 Å². The Morgan fingerprint density at radius 1 is 0.619 bits per heavy atom. The van der Waals surface area contributed by atoms with E-state index < -0.39 is 11.2 Å². The van der Waals surface area contributed by atoms with E-state index in [1.54, 1.807) is 41.1 Å². The van der Waals surface area contributed by atoms with Gasteiger partial charge in [-0.3, -0.25) is 4.68 Å². The van der Waals surface area contributed by atoms with E-state index in [9.17, 15) is 15.8 Å². The fourth-order valence-corrected chi connectivity index (χ4v) is 8.55. The second-order valence-electron chi connectivity index (χ2n) is 16.8. The van der Waals surface area contributed by atoms with E-state index in [-0.39, 0.29) is 12.2 Å². The van der Waals surface area contributed by atoms with Crippen LogP contribution in [0.25, 0.3) is 38.0 Å². The number of ether oxygens (including phenoxy) is 2. The fraction of sp³-hybridized carbons (Fsp3) is 0.265. The number of hydrogen-bond donors (Lipinski definition) is 0. The van der Waals surface area contributed by atoms with Crippen LogP contribution in [0.1, 0.15) is 92.0 Å². The zero-order valence-electron chi connectivity index (χ0n) is 35.0. The molecule has 4 aromatic heterocycles. The molecule has 14 nitrogen and oxygen atoms in total. The summed E-state index contributed by atoms with van der Waals surface area (Å²) in [6, 6.07) is 33.8. The number of rotatable bonds is 8. The van der Waals surface area contributed by atoms with E-state index in [1.807, 2.05) is 91.6 Å². The monoisotopic (exact) mass is 829 g/mol. The number of nitriles is 3. The van der Waals surface area contributed by atoms with Gasteiger partial charge in [-0.15, -0.1) is 0 Å². The first kappa shape index (κ1) is 39.0. The lowest BCUT2D eigenvalue weighted by molar-refractivity contribution is 0.183. The van der Waals surface area contributed by atoms with E-state index in [4.69, 9.17) is 9.47 Å². The van der Waals surface area contributed by atoms with Gasteiger partial charge >= 0.3 is 11.7 Å². The predicted molar refractivity (Wildman–Crippen MR) is 234 cm³/mol. The summed E-state index contributed by atoms with van der Waals surface area (Å²) in [5.74, 6) is 1.45. The molecule has 0 bridgehead atoms. The van der Waals surface area contributed by atoms with E-state index in [2.05, 4.69) is 61.6 Å². The third kappa shape index (κ3) is 7.18. The van der Waals surface area contributed by atoms with E-state index in [1.165, 1.54) is 4.68 Å². The molecule has 0 fully saturated rings. The van der Waals surface area contributed by atoms with Gasteiger partial charge in [-0.1, -0.05) is 12.1 Å². The second-order valence-corrected chi connectivity index (χ2v) is 16.8. The number of nitrogens with zero attached hydrogens (tertiary/aromatic N) is 12. The highest BCUT2D eigenvalue weighted by Gasteiger charge is 2.39. The van der Waals surface area contributed by atoms with Crippen molar-refractivity contribution in [1.82, 2.24) is 39.1 Å². The van der Waals surface area contributed by atoms with Crippen molar-refractivity contribution in [3.8, 4) is 47.2 Å². The van der Waals surface area contributed by atoms with Crippen molar-refractivity contribution in [3.05, 3.63) is 148 Å². The van der Waals surface area contributed by atoms with E-state index >= 15 is 0 Å². The van der Waals surface area contributed by atoms with Crippen LogP contribution in [0, 0.1) is 40.1 Å². The Labute approximate surface area is 363 Å². The summed E-state index contributed by atoms with van der Waals surface area (Å²) in [4.78, 5) is 4.65. The maximum absolute atomic E-state index is 10.4. The fourth-order valence-electron chi connectivity index (χ4n) is 8.55. The molecule has 4 heterocycles. The third-order valence-electron chi connectivity index (χ3n) is 12.1. The highest BCUT2D eigenvalue weighted by molar-refractivity contribution is 5.82. The number of fused-ring (bicyclic) bond motifs is 4. The summed E-state index contributed by atoms with van der Waals surface area (Å²) in [5.41, 5.74) is 6.94. The molecular formula is C49H41N12O2+. The molecule has 0 radical (unpaired) electrons. The smallest absolute Gasteiger partial charge is 0.457 e. The average molecular weight is 830 g/mol. The summed E-state index contributed by atoms with van der Waals surface area (Å²) >= 11 is 0. The van der Waals surface area contributed by atoms with Gasteiger partial charge < -0.3 is 9.47 Å². The minimum atomic E-state index is -1.38. The molecule has 3 atom stereocenters. The molecule has 8 aromatic rings. The first-order valence-electron chi connectivity index (χ1n) is 21.0. The van der Waals surface area contributed by atoms with Gasteiger partial charge in [0, 0.05) is 22.9 Å². The lowest BCUT2D eigenvalue weighted by Crippen LogP contribution is -2.24. The molecule has 2 aliphatic carbocycles. The van der Waals surface area contributed by atoms with E-state index in [0.29, 0.717) is 11.3 Å². The van der Waals surface area contributed by atoms with Gasteiger partial charge in [0.05, 0.1) is 72.8 Å². The molecule has 0 saturated carbocycles. The van der Waals surface area contributed by atoms with Gasteiger partial charge in [0.1, 0.15) is 46.2 Å². The van der Waals surface area contributed by atoms with Crippen LogP contribution < -0.4 is 9.47 Å². The quantitative estimate of drug-likeness (QED) is 0.145. The van der Waals surface area contributed by atoms with Crippen molar-refractivity contribution >= 4 is 21.8 Å². The standard InChI is InChI=1S/C49H41N12O2/c1-48(2,30-51)58-28-38(26-54-58)60-44-20-40(14-12-36(44)24-56-60)63-47-9-5-7-35-19-33(11-17-43(35)47)23-53-49(3,31-52)59-29-39(27-55-59)61-45-21-41(15-13-37(45)25-57-61)62-46-8-4-6-34-18-32(22-50)10-16-42(34)46/h10-21,24-29,46-47H,4-9H2,1-3H3/q+1/t46-,47+,49?/m1/s1. The Balaban J connectivity index is 0.858. The Bertz CT molecular complexity index is 3280. The van der Waals surface area contributed by atoms with Crippen LogP contribution in [0.2, 0.25) is 0 Å². The highest BCUT2D eigenvalue weighted by Crippen LogP contribution is 2.37. The van der Waals surface area contributed by atoms with Crippen molar-refractivity contribution < 1.29 is 9.47 Å². The molecule has 0 N–H and O–H groups in total. The van der Waals surface area contributed by atoms with Gasteiger partial charge in [0.15, 0.2) is 6.07 Å². The van der Waals surface area contributed by atoms with Crippen LogP contribution in [0.5, 0.6) is 11.5 Å². The molecule has 0 spiro atoms. The third-order valence-corrected chi connectivity index (χ3v) is 12.1. The summed E-state index contributed by atoms with van der Waals surface area (Å²) in [6.07, 6.45) is 15.8. The van der Waals surface area contributed by atoms with E-state index in [0.717, 1.165) is 105 Å². The normalized spacial score (nSPS) is 16.7. The molecule has 63 heavy (non-hydrogen) atoms. The van der Waals surface area contributed by atoms with Gasteiger partial charge in [-0.2, -0.15) is 40.9 Å². The average Bonchev–Trinajstić information content (AvgIpc) is 4.15. The zero-order chi connectivity index (χ0) is 43.3. The first-order chi connectivity index (χ1) is 30.6. The molecule has 1 unspecified atom stereocenters. The van der Waals surface area contributed by atoms with Crippen molar-refractivity contribution in [2.75, 3.05) is 0 Å². The number of hydrogen-bond acceptors (Lipinski definition) is 9. The van der Waals surface area contributed by atoms with Gasteiger partial charge in [-0.05, 0) is 128 Å². The van der Waals surface area contributed by atoms with Crippen LogP contribution in [-0.2, 0) is 24.0 Å². The Morgan fingerprint density at radius 2 is 1.16 bits per heavy atom. The van der Waals surface area contributed by atoms with Crippen molar-refractivity contribution in [3.63, 3.8) is 0 Å². The topological polar surface area (TPSA) is 165 Å². The number of aryl methyl sites for hydroxylation is 2. The van der Waals surface area contributed by atoms with Gasteiger partial charge in [0.25, 0.3) is 0 Å². The first-order valence-corrected chi connectivity index (χ1v) is 21.0. The zero-order valence-corrected chi connectivity index (χ0v) is 35.0. The second kappa shape index (κ2) is 15.4. The minimum absolute atomic E-state index is 0.110. The molecule has 308 valence electrons. The highest BCUT2D eigenvalue weighted by atomic mass is 16.5. The Morgan fingerprint density at radius 3 is 1.71 bits per heavy atom. The van der Waals surface area contributed by atoms with Gasteiger partial charge in [0.2, 0.25) is 0 Å². The van der Waals surface area contributed by atoms with Crippen LogP contribution in [0.4, 0.5) is 0 Å². The SMILES string of the molecule is CC(C)(C#N)n1cc(-n2ncc3ccc(O[C@H]4CCCc5cc(C#[N+]C(C)(C#N)n6cc(-n7ncc8ccc(O[C@@H]9CCCc%10cc(C#N)ccc%109)cc87)cn6)ccc54)cc32)cn1. The molecule has 10 rings (SSSR count). The molecule has 14 heteroatoms. The molecule has 2 aliphatic rings. The van der Waals surface area contributed by atoms with Gasteiger partial charge in [-0.25, -0.2) is 9.36 Å². The molecule has 4 aromatic carbocycles. The molecular weight excluding hydrogens is 789 g/mol. The van der Waals surface area contributed by atoms with Crippen LogP contribution in [0.15, 0.2) is 110 Å². The number of aromatic nitrogens is 8. The summed E-state index contributed by atoms with van der Waals surface area (Å²) < 4.78 is 20.0. The lowest BCUT2D eigenvalue weighted by atomic mass is 9.88. The van der Waals surface area contributed by atoms with Crippen molar-refractivity contribution in [1.29, 1.82) is 15.8 Å². The lowest BCUT2D eigenvalue weighted by Gasteiger charge is -2.26. The van der Waals surface area contributed by atoms with Crippen LogP contribution in [0.3, 0.4) is 0 Å².